The normalized spacial score (nSPS) is 13.4. The molecule has 2 heterocycles. The molecule has 0 atom stereocenters. The highest BCUT2D eigenvalue weighted by Gasteiger charge is 2.26. The topological polar surface area (TPSA) is 61.4 Å². The van der Waals surface area contributed by atoms with Crippen LogP contribution in [0.15, 0.2) is 28.7 Å². The fourth-order valence-electron chi connectivity index (χ4n) is 2.89. The van der Waals surface area contributed by atoms with Crippen LogP contribution >= 0.6 is 15.9 Å². The first-order valence-electron chi connectivity index (χ1n) is 8.37. The zero-order valence-corrected chi connectivity index (χ0v) is 16.3. The van der Waals surface area contributed by atoms with Gasteiger partial charge >= 0.3 is 6.03 Å². The number of aryl methyl sites for hydroxylation is 1. The third-order valence-corrected chi connectivity index (χ3v) is 4.90. The fraction of sp³-hybridized carbons (Fsp3) is 0.389. The van der Waals surface area contributed by atoms with Crippen LogP contribution in [-0.2, 0) is 13.0 Å². The lowest BCUT2D eigenvalue weighted by molar-refractivity contribution is 0.206. The molecule has 0 saturated heterocycles. The highest BCUT2D eigenvalue weighted by atomic mass is 79.9. The van der Waals surface area contributed by atoms with E-state index in [4.69, 9.17) is 0 Å². The van der Waals surface area contributed by atoms with Crippen LogP contribution in [0.4, 0.5) is 16.3 Å². The predicted octanol–water partition coefficient (Wildman–Crippen LogP) is 3.59. The maximum Gasteiger partial charge on any atom is 0.322 e. The second kappa shape index (κ2) is 7.39. The summed E-state index contributed by atoms with van der Waals surface area (Å²) in [5.41, 5.74) is 2.88. The Labute approximate surface area is 156 Å². The lowest BCUT2D eigenvalue weighted by atomic mass is 10.1. The first kappa shape index (κ1) is 17.7. The Hall–Kier alpha value is -2.15. The number of benzene rings is 1. The number of urea groups is 1. The number of anilines is 2. The molecule has 1 N–H and O–H groups in total. The maximum absolute atomic E-state index is 12.6. The molecule has 2 amide bonds. The highest BCUT2D eigenvalue weighted by molar-refractivity contribution is 9.10. The molecule has 6 nitrogen and oxygen atoms in total. The molecule has 0 saturated carbocycles. The van der Waals surface area contributed by atoms with Crippen molar-refractivity contribution >= 4 is 33.5 Å². The van der Waals surface area contributed by atoms with Gasteiger partial charge < -0.3 is 15.1 Å². The number of nitrogens with one attached hydrogen (secondary N) is 1. The van der Waals surface area contributed by atoms with E-state index in [2.05, 4.69) is 43.0 Å². The zero-order chi connectivity index (χ0) is 18.0. The number of hydrogen-bond donors (Lipinski definition) is 1. The Morgan fingerprint density at radius 3 is 2.72 bits per heavy atom. The number of amides is 2. The molecule has 1 aromatic carbocycles. The van der Waals surface area contributed by atoms with Crippen molar-refractivity contribution in [2.24, 2.45) is 0 Å². The van der Waals surface area contributed by atoms with Gasteiger partial charge in [-0.2, -0.15) is 0 Å². The quantitative estimate of drug-likeness (QED) is 0.850. The third kappa shape index (κ3) is 3.92. The Bertz CT molecular complexity index is 778. The summed E-state index contributed by atoms with van der Waals surface area (Å²) < 4.78 is 0.983. The average Bonchev–Trinajstić information content (AvgIpc) is 2.61. The van der Waals surface area contributed by atoms with E-state index in [1.807, 2.05) is 43.1 Å². The average molecular weight is 404 g/mol. The first-order valence-corrected chi connectivity index (χ1v) is 9.16. The van der Waals surface area contributed by atoms with Crippen molar-refractivity contribution in [3.63, 3.8) is 0 Å². The van der Waals surface area contributed by atoms with Gasteiger partial charge in [0.1, 0.15) is 11.6 Å². The molecule has 3 rings (SSSR count). The predicted molar refractivity (Wildman–Crippen MR) is 103 cm³/mol. The number of nitrogens with zero attached hydrogens (tertiary/aromatic N) is 4. The van der Waals surface area contributed by atoms with Gasteiger partial charge in [0.2, 0.25) is 0 Å². The highest BCUT2D eigenvalue weighted by Crippen LogP contribution is 2.26. The van der Waals surface area contributed by atoms with Gasteiger partial charge in [-0.1, -0.05) is 15.9 Å². The summed E-state index contributed by atoms with van der Waals surface area (Å²) in [5.74, 6) is 1.70. The van der Waals surface area contributed by atoms with Gasteiger partial charge in [-0.15, -0.1) is 0 Å². The zero-order valence-electron chi connectivity index (χ0n) is 14.7. The SMILES string of the molecule is CCN(C)c1nc(C)nc2c1CN(C(=O)Nc1ccc(Br)cc1)CC2. The number of aromatic nitrogens is 2. The Kier molecular flexibility index (Phi) is 5.22. The van der Waals surface area contributed by atoms with E-state index < -0.39 is 0 Å². The number of rotatable bonds is 3. The van der Waals surface area contributed by atoms with Crippen LogP contribution in [-0.4, -0.2) is 41.0 Å². The summed E-state index contributed by atoms with van der Waals surface area (Å²) in [7, 11) is 2.02. The smallest absolute Gasteiger partial charge is 0.322 e. The molecule has 0 unspecified atom stereocenters. The Morgan fingerprint density at radius 2 is 2.04 bits per heavy atom. The second-order valence-corrected chi connectivity index (χ2v) is 7.06. The van der Waals surface area contributed by atoms with Crippen LogP contribution in [0.3, 0.4) is 0 Å². The Morgan fingerprint density at radius 1 is 1.32 bits per heavy atom. The van der Waals surface area contributed by atoms with Crippen molar-refractivity contribution in [3.05, 3.63) is 45.8 Å². The van der Waals surface area contributed by atoms with Gasteiger partial charge in [0.25, 0.3) is 0 Å². The minimum Gasteiger partial charge on any atom is -0.360 e. The van der Waals surface area contributed by atoms with Gasteiger partial charge in [0, 0.05) is 42.3 Å². The summed E-state index contributed by atoms with van der Waals surface area (Å²) in [4.78, 5) is 25.7. The van der Waals surface area contributed by atoms with Crippen LogP contribution < -0.4 is 10.2 Å². The summed E-state index contributed by atoms with van der Waals surface area (Å²) in [6.07, 6.45) is 0.747. The summed E-state index contributed by atoms with van der Waals surface area (Å²) in [5, 5.41) is 2.96. The number of hydrogen-bond acceptors (Lipinski definition) is 4. The van der Waals surface area contributed by atoms with Crippen molar-refractivity contribution in [2.45, 2.75) is 26.8 Å². The van der Waals surface area contributed by atoms with Crippen molar-refractivity contribution in [1.82, 2.24) is 14.9 Å². The van der Waals surface area contributed by atoms with E-state index in [9.17, 15) is 4.79 Å². The molecule has 0 bridgehead atoms. The molecular weight excluding hydrogens is 382 g/mol. The van der Waals surface area contributed by atoms with E-state index in [-0.39, 0.29) is 6.03 Å². The molecule has 7 heteroatoms. The van der Waals surface area contributed by atoms with Gasteiger partial charge in [0.15, 0.2) is 0 Å². The third-order valence-electron chi connectivity index (χ3n) is 4.37. The largest absolute Gasteiger partial charge is 0.360 e. The number of fused-ring (bicyclic) bond motifs is 1. The molecule has 1 aromatic heterocycles. The minimum absolute atomic E-state index is 0.0985. The van der Waals surface area contributed by atoms with Crippen LogP contribution in [0.25, 0.3) is 0 Å². The standard InChI is InChI=1S/C18H22BrN5O/c1-4-23(3)17-15-11-24(10-9-16(15)20-12(2)21-17)18(25)22-14-7-5-13(19)6-8-14/h5-8H,4,9-11H2,1-3H3,(H,22,25). The van der Waals surface area contributed by atoms with Crippen molar-refractivity contribution in [2.75, 3.05) is 30.4 Å². The summed E-state index contributed by atoms with van der Waals surface area (Å²) >= 11 is 3.40. The molecule has 0 spiro atoms. The first-order chi connectivity index (χ1) is 12.0. The fourth-order valence-corrected chi connectivity index (χ4v) is 3.16. The molecule has 1 aliphatic rings. The van der Waals surface area contributed by atoms with Gasteiger partial charge in [-0.05, 0) is 38.1 Å². The molecule has 25 heavy (non-hydrogen) atoms. The lowest BCUT2D eigenvalue weighted by Crippen LogP contribution is -2.40. The maximum atomic E-state index is 12.6. The molecule has 0 fully saturated rings. The molecular formula is C18H22BrN5O. The van der Waals surface area contributed by atoms with Crippen molar-refractivity contribution in [1.29, 1.82) is 0 Å². The molecule has 0 radical (unpaired) electrons. The molecule has 1 aliphatic heterocycles. The van der Waals surface area contributed by atoms with E-state index in [1.165, 1.54) is 0 Å². The minimum atomic E-state index is -0.0985. The summed E-state index contributed by atoms with van der Waals surface area (Å²) in [6.45, 7) is 6.04. The van der Waals surface area contributed by atoms with Crippen LogP contribution in [0.5, 0.6) is 0 Å². The van der Waals surface area contributed by atoms with Crippen molar-refractivity contribution < 1.29 is 4.79 Å². The van der Waals surface area contributed by atoms with Crippen LogP contribution in [0.1, 0.15) is 24.0 Å². The van der Waals surface area contributed by atoms with Crippen LogP contribution in [0, 0.1) is 6.92 Å². The van der Waals surface area contributed by atoms with Gasteiger partial charge in [-0.25, -0.2) is 14.8 Å². The van der Waals surface area contributed by atoms with E-state index in [0.717, 1.165) is 46.0 Å². The number of carbonyl (C=O) groups excluding carboxylic acids is 1. The van der Waals surface area contributed by atoms with Gasteiger partial charge in [0.05, 0.1) is 12.2 Å². The van der Waals surface area contributed by atoms with Gasteiger partial charge in [-0.3, -0.25) is 0 Å². The lowest BCUT2D eigenvalue weighted by Gasteiger charge is -2.31. The monoisotopic (exact) mass is 403 g/mol. The van der Waals surface area contributed by atoms with E-state index in [0.29, 0.717) is 13.1 Å². The van der Waals surface area contributed by atoms with E-state index in [1.54, 1.807) is 0 Å². The molecule has 132 valence electrons. The van der Waals surface area contributed by atoms with Crippen LogP contribution in [0.2, 0.25) is 0 Å². The number of carbonyl (C=O) groups is 1. The molecule has 0 aliphatic carbocycles. The Balaban J connectivity index is 1.80. The number of halogens is 1. The second-order valence-electron chi connectivity index (χ2n) is 6.14. The molecule has 2 aromatic rings. The van der Waals surface area contributed by atoms with Crippen molar-refractivity contribution in [3.8, 4) is 0 Å². The van der Waals surface area contributed by atoms with E-state index >= 15 is 0 Å². The summed E-state index contributed by atoms with van der Waals surface area (Å²) in [6, 6.07) is 7.47.